The smallest absolute Gasteiger partial charge is 0.128 e. The summed E-state index contributed by atoms with van der Waals surface area (Å²) < 4.78 is 0. The molecule has 3 aromatic rings. The lowest BCUT2D eigenvalue weighted by atomic mass is 10.0. The van der Waals surface area contributed by atoms with Crippen LogP contribution in [0.2, 0.25) is 0 Å². The molecule has 2 aromatic carbocycles. The Morgan fingerprint density at radius 3 is 2.20 bits per heavy atom. The van der Waals surface area contributed by atoms with Crippen molar-refractivity contribution in [2.24, 2.45) is 0 Å². The van der Waals surface area contributed by atoms with E-state index in [0.29, 0.717) is 11.3 Å². The van der Waals surface area contributed by atoms with Crippen molar-refractivity contribution in [1.29, 1.82) is 0 Å². The van der Waals surface area contributed by atoms with Crippen molar-refractivity contribution in [2.45, 2.75) is 0 Å². The molecule has 0 atom stereocenters. The number of phenols is 3. The minimum atomic E-state index is -0.0331. The fraction of sp³-hybridized carbons (Fsp3) is 0. The summed E-state index contributed by atoms with van der Waals surface area (Å²) in [6.45, 7) is 0. The number of rotatable bonds is 2. The maximum absolute atomic E-state index is 9.93. The predicted molar refractivity (Wildman–Crippen MR) is 74.5 cm³/mol. The zero-order valence-corrected chi connectivity index (χ0v) is 10.4. The molecule has 0 amide bonds. The summed E-state index contributed by atoms with van der Waals surface area (Å²) in [5.74, 6) is 0.150. The Morgan fingerprint density at radius 1 is 0.800 bits per heavy atom. The number of aromatic hydroxyl groups is 3. The van der Waals surface area contributed by atoms with Crippen LogP contribution in [0.25, 0.3) is 22.4 Å². The van der Waals surface area contributed by atoms with E-state index in [0.717, 1.165) is 11.1 Å². The molecule has 0 fully saturated rings. The first-order valence-electron chi connectivity index (χ1n) is 6.00. The number of aromatic amines is 1. The molecule has 0 aliphatic heterocycles. The van der Waals surface area contributed by atoms with E-state index in [2.05, 4.69) is 10.2 Å². The van der Waals surface area contributed by atoms with Crippen molar-refractivity contribution in [2.75, 3.05) is 0 Å². The van der Waals surface area contributed by atoms with E-state index in [1.165, 1.54) is 12.1 Å². The van der Waals surface area contributed by atoms with Crippen LogP contribution >= 0.6 is 0 Å². The number of benzene rings is 2. The van der Waals surface area contributed by atoms with Crippen molar-refractivity contribution in [3.05, 3.63) is 48.7 Å². The van der Waals surface area contributed by atoms with Gasteiger partial charge in [-0.3, -0.25) is 5.10 Å². The van der Waals surface area contributed by atoms with Gasteiger partial charge in [-0.15, -0.1) is 0 Å². The third-order valence-electron chi connectivity index (χ3n) is 3.07. The Balaban J connectivity index is 2.12. The third-order valence-corrected chi connectivity index (χ3v) is 3.07. The van der Waals surface area contributed by atoms with Gasteiger partial charge < -0.3 is 15.3 Å². The Hall–Kier alpha value is -2.95. The molecule has 0 saturated heterocycles. The summed E-state index contributed by atoms with van der Waals surface area (Å²) in [4.78, 5) is 0. The normalized spacial score (nSPS) is 10.6. The van der Waals surface area contributed by atoms with Crippen LogP contribution in [0.1, 0.15) is 0 Å². The predicted octanol–water partition coefficient (Wildman–Crippen LogP) is 2.86. The molecule has 0 spiro atoms. The van der Waals surface area contributed by atoms with Crippen LogP contribution in [-0.4, -0.2) is 25.5 Å². The van der Waals surface area contributed by atoms with E-state index < -0.39 is 0 Å². The van der Waals surface area contributed by atoms with Gasteiger partial charge in [0.2, 0.25) is 0 Å². The Morgan fingerprint density at radius 2 is 1.50 bits per heavy atom. The molecule has 0 radical (unpaired) electrons. The number of H-pyrrole nitrogens is 1. The zero-order valence-electron chi connectivity index (χ0n) is 10.4. The second-order valence-electron chi connectivity index (χ2n) is 4.41. The second-order valence-corrected chi connectivity index (χ2v) is 4.41. The maximum atomic E-state index is 9.93. The number of hydrogen-bond donors (Lipinski definition) is 4. The van der Waals surface area contributed by atoms with Gasteiger partial charge in [0.15, 0.2) is 0 Å². The lowest BCUT2D eigenvalue weighted by Crippen LogP contribution is -1.84. The molecular formula is C15H12N2O3. The average molecular weight is 268 g/mol. The summed E-state index contributed by atoms with van der Waals surface area (Å²) in [6, 6.07) is 11.1. The molecule has 5 heteroatoms. The van der Waals surface area contributed by atoms with Crippen LogP contribution in [-0.2, 0) is 0 Å². The SMILES string of the molecule is Oc1ccc(-c2cn[nH]c2-c2ccc(O)cc2O)cc1. The van der Waals surface area contributed by atoms with E-state index in [4.69, 9.17) is 0 Å². The highest BCUT2D eigenvalue weighted by atomic mass is 16.3. The molecule has 100 valence electrons. The number of phenolic OH excluding ortho intramolecular Hbond substituents is 3. The van der Waals surface area contributed by atoms with Gasteiger partial charge in [0.05, 0.1) is 11.9 Å². The Bertz CT molecular complexity index is 748. The lowest BCUT2D eigenvalue weighted by molar-refractivity contribution is 0.451. The largest absolute Gasteiger partial charge is 0.508 e. The van der Waals surface area contributed by atoms with Crippen molar-refractivity contribution in [1.82, 2.24) is 10.2 Å². The first-order chi connectivity index (χ1) is 9.65. The van der Waals surface area contributed by atoms with E-state index >= 15 is 0 Å². The molecular weight excluding hydrogens is 256 g/mol. The summed E-state index contributed by atoms with van der Waals surface area (Å²) in [5.41, 5.74) is 2.85. The van der Waals surface area contributed by atoms with Crippen molar-refractivity contribution in [3.63, 3.8) is 0 Å². The van der Waals surface area contributed by atoms with Crippen LogP contribution < -0.4 is 0 Å². The summed E-state index contributed by atoms with van der Waals surface area (Å²) >= 11 is 0. The zero-order chi connectivity index (χ0) is 14.1. The summed E-state index contributed by atoms with van der Waals surface area (Å²) in [7, 11) is 0. The molecule has 4 N–H and O–H groups in total. The highest BCUT2D eigenvalue weighted by Crippen LogP contribution is 2.36. The van der Waals surface area contributed by atoms with E-state index in [9.17, 15) is 15.3 Å². The first kappa shape index (κ1) is 12.1. The number of aromatic nitrogens is 2. The van der Waals surface area contributed by atoms with Crippen LogP contribution in [0.15, 0.2) is 48.7 Å². The lowest BCUT2D eigenvalue weighted by Gasteiger charge is -2.06. The van der Waals surface area contributed by atoms with Gasteiger partial charge in [-0.1, -0.05) is 12.1 Å². The minimum Gasteiger partial charge on any atom is -0.508 e. The van der Waals surface area contributed by atoms with Gasteiger partial charge >= 0.3 is 0 Å². The number of nitrogens with zero attached hydrogens (tertiary/aromatic N) is 1. The van der Waals surface area contributed by atoms with Crippen molar-refractivity contribution in [3.8, 4) is 39.6 Å². The van der Waals surface area contributed by atoms with Gasteiger partial charge in [0.1, 0.15) is 17.2 Å². The van der Waals surface area contributed by atoms with Crippen LogP contribution in [0.4, 0.5) is 0 Å². The molecule has 0 saturated carbocycles. The van der Waals surface area contributed by atoms with Gasteiger partial charge in [-0.05, 0) is 29.8 Å². The molecule has 0 unspecified atom stereocenters. The molecule has 0 aliphatic carbocycles. The quantitative estimate of drug-likeness (QED) is 0.575. The maximum Gasteiger partial charge on any atom is 0.128 e. The van der Waals surface area contributed by atoms with E-state index in [1.807, 2.05) is 0 Å². The number of nitrogens with one attached hydrogen (secondary N) is 1. The van der Waals surface area contributed by atoms with Crippen LogP contribution in [0.5, 0.6) is 17.2 Å². The monoisotopic (exact) mass is 268 g/mol. The minimum absolute atomic E-state index is 0.00283. The molecule has 20 heavy (non-hydrogen) atoms. The molecule has 1 aromatic heterocycles. The van der Waals surface area contributed by atoms with Crippen molar-refractivity contribution >= 4 is 0 Å². The van der Waals surface area contributed by atoms with Crippen LogP contribution in [0.3, 0.4) is 0 Å². The third kappa shape index (κ3) is 2.05. The summed E-state index contributed by atoms with van der Waals surface area (Å²) in [5, 5.41) is 35.4. The second kappa shape index (κ2) is 4.62. The van der Waals surface area contributed by atoms with Gasteiger partial charge in [0.25, 0.3) is 0 Å². The first-order valence-corrected chi connectivity index (χ1v) is 6.00. The van der Waals surface area contributed by atoms with Gasteiger partial charge in [0, 0.05) is 17.2 Å². The Labute approximate surface area is 114 Å². The highest BCUT2D eigenvalue weighted by molar-refractivity contribution is 5.83. The van der Waals surface area contributed by atoms with Crippen molar-refractivity contribution < 1.29 is 15.3 Å². The number of hydrogen-bond acceptors (Lipinski definition) is 4. The van der Waals surface area contributed by atoms with Gasteiger partial charge in [-0.2, -0.15) is 5.10 Å². The summed E-state index contributed by atoms with van der Waals surface area (Å²) in [6.07, 6.45) is 1.65. The topological polar surface area (TPSA) is 89.4 Å². The molecule has 5 nitrogen and oxygen atoms in total. The van der Waals surface area contributed by atoms with E-state index in [-0.39, 0.29) is 17.2 Å². The molecule has 1 heterocycles. The molecule has 0 aliphatic rings. The highest BCUT2D eigenvalue weighted by Gasteiger charge is 2.13. The average Bonchev–Trinajstić information content (AvgIpc) is 2.88. The molecule has 3 rings (SSSR count). The van der Waals surface area contributed by atoms with Gasteiger partial charge in [-0.25, -0.2) is 0 Å². The molecule has 0 bridgehead atoms. The fourth-order valence-corrected chi connectivity index (χ4v) is 2.08. The fourth-order valence-electron chi connectivity index (χ4n) is 2.08. The van der Waals surface area contributed by atoms with E-state index in [1.54, 1.807) is 36.5 Å². The van der Waals surface area contributed by atoms with Crippen LogP contribution in [0, 0.1) is 0 Å². The Kier molecular flexibility index (Phi) is 2.80. The standard InChI is InChI=1S/C15H12N2O3/c18-10-3-1-9(2-4-10)13-8-16-17-15(13)12-6-5-11(19)7-14(12)20/h1-8,18-20H,(H,16,17).